The number of furan rings is 1. The van der Waals surface area contributed by atoms with Crippen molar-refractivity contribution in [3.05, 3.63) is 181 Å². The van der Waals surface area contributed by atoms with Crippen LogP contribution in [0.1, 0.15) is 24.0 Å². The molecule has 0 fully saturated rings. The van der Waals surface area contributed by atoms with Gasteiger partial charge in [0.2, 0.25) is 0 Å². The summed E-state index contributed by atoms with van der Waals surface area (Å²) in [6, 6.07) is 51.6. The highest BCUT2D eigenvalue weighted by Crippen LogP contribution is 2.37. The molecule has 1 aliphatic rings. The van der Waals surface area contributed by atoms with Crippen LogP contribution in [0.4, 0.5) is 0 Å². The fourth-order valence-corrected chi connectivity index (χ4v) is 6.89. The molecular formula is C47H42N2O. The summed E-state index contributed by atoms with van der Waals surface area (Å²) in [5.41, 5.74) is 20.8. The molecule has 0 atom stereocenters. The molecule has 1 heterocycles. The van der Waals surface area contributed by atoms with E-state index in [1.54, 1.807) is 0 Å². The van der Waals surface area contributed by atoms with Gasteiger partial charge in [0.15, 0.2) is 0 Å². The fourth-order valence-electron chi connectivity index (χ4n) is 6.89. The second-order valence-corrected chi connectivity index (χ2v) is 12.5. The lowest BCUT2D eigenvalue weighted by Crippen LogP contribution is -1.95. The van der Waals surface area contributed by atoms with E-state index < -0.39 is 0 Å². The topological polar surface area (TPSA) is 65.2 Å². The van der Waals surface area contributed by atoms with Gasteiger partial charge >= 0.3 is 0 Å². The van der Waals surface area contributed by atoms with Gasteiger partial charge in [-0.05, 0) is 111 Å². The molecule has 246 valence electrons. The Kier molecular flexibility index (Phi) is 9.98. The fraction of sp³-hybridized carbons (Fsp3) is 0.106. The highest BCUT2D eigenvalue weighted by Gasteiger charge is 2.14. The Labute approximate surface area is 294 Å². The third-order valence-corrected chi connectivity index (χ3v) is 9.42. The monoisotopic (exact) mass is 650 g/mol. The number of allylic oxidation sites excluding steroid dienone is 4. The van der Waals surface area contributed by atoms with Crippen LogP contribution in [0.25, 0.3) is 65.7 Å². The molecule has 0 saturated heterocycles. The molecule has 3 nitrogen and oxygen atoms in total. The molecule has 8 aromatic rings. The van der Waals surface area contributed by atoms with E-state index in [-0.39, 0.29) is 0 Å². The Balaban J connectivity index is 0.000000206. The third-order valence-electron chi connectivity index (χ3n) is 9.42. The minimum Gasteiger partial charge on any atom is -0.456 e. The Morgan fingerprint density at radius 3 is 1.96 bits per heavy atom. The highest BCUT2D eigenvalue weighted by molar-refractivity contribution is 6.10. The van der Waals surface area contributed by atoms with Crippen molar-refractivity contribution in [2.45, 2.75) is 25.8 Å². The van der Waals surface area contributed by atoms with Crippen molar-refractivity contribution in [3.63, 3.8) is 0 Å². The Bertz CT molecular complexity index is 2450. The minimum atomic E-state index is 0.606. The van der Waals surface area contributed by atoms with E-state index in [2.05, 4.69) is 151 Å². The van der Waals surface area contributed by atoms with Crippen molar-refractivity contribution in [1.29, 1.82) is 0 Å². The van der Waals surface area contributed by atoms with Crippen LogP contribution in [0.15, 0.2) is 174 Å². The molecular weight excluding hydrogens is 609 g/mol. The first-order chi connectivity index (χ1) is 24.7. The maximum absolute atomic E-state index is 6.26. The summed E-state index contributed by atoms with van der Waals surface area (Å²) in [5, 5.41) is 7.58. The molecule has 4 N–H and O–H groups in total. The molecule has 0 radical (unpaired) electrons. The van der Waals surface area contributed by atoms with Crippen molar-refractivity contribution in [3.8, 4) is 22.3 Å². The average Bonchev–Trinajstić information content (AvgIpc) is 3.58. The normalized spacial score (nSPS) is 12.3. The molecule has 0 amide bonds. The highest BCUT2D eigenvalue weighted by atomic mass is 16.3. The van der Waals surface area contributed by atoms with Gasteiger partial charge in [-0.2, -0.15) is 0 Å². The van der Waals surface area contributed by atoms with Crippen molar-refractivity contribution in [1.82, 2.24) is 0 Å². The summed E-state index contributed by atoms with van der Waals surface area (Å²) >= 11 is 0. The molecule has 0 saturated carbocycles. The predicted molar refractivity (Wildman–Crippen MR) is 214 cm³/mol. The van der Waals surface area contributed by atoms with E-state index in [9.17, 15) is 0 Å². The first kappa shape index (κ1) is 32.8. The molecule has 0 aliphatic heterocycles. The van der Waals surface area contributed by atoms with E-state index >= 15 is 0 Å². The van der Waals surface area contributed by atoms with Crippen LogP contribution >= 0.6 is 0 Å². The van der Waals surface area contributed by atoms with Gasteiger partial charge in [-0.25, -0.2) is 0 Å². The van der Waals surface area contributed by atoms with Crippen LogP contribution in [-0.2, 0) is 13.0 Å². The molecule has 0 unspecified atom stereocenters. The second-order valence-electron chi connectivity index (χ2n) is 12.5. The Morgan fingerprint density at radius 1 is 0.540 bits per heavy atom. The summed E-state index contributed by atoms with van der Waals surface area (Å²) in [6.45, 7) is 0.606. The average molecular weight is 651 g/mol. The second kappa shape index (κ2) is 15.2. The summed E-state index contributed by atoms with van der Waals surface area (Å²) in [4.78, 5) is 0. The summed E-state index contributed by atoms with van der Waals surface area (Å²) in [7, 11) is 1.50. The molecule has 7 aromatic carbocycles. The van der Waals surface area contributed by atoms with Crippen LogP contribution in [0.3, 0.4) is 0 Å². The number of hydrogen-bond acceptors (Lipinski definition) is 3. The zero-order valence-corrected chi connectivity index (χ0v) is 28.5. The van der Waals surface area contributed by atoms with Crippen molar-refractivity contribution >= 4 is 43.5 Å². The van der Waals surface area contributed by atoms with Crippen molar-refractivity contribution < 1.29 is 4.42 Å². The third kappa shape index (κ3) is 6.88. The van der Waals surface area contributed by atoms with Gasteiger partial charge in [0.1, 0.15) is 11.2 Å². The number of fused-ring (bicyclic) bond motifs is 6. The largest absolute Gasteiger partial charge is 0.456 e. The zero-order chi connectivity index (χ0) is 34.3. The van der Waals surface area contributed by atoms with E-state index in [0.717, 1.165) is 30.4 Å². The molecule has 1 aliphatic carbocycles. The number of rotatable bonds is 5. The van der Waals surface area contributed by atoms with Crippen LogP contribution in [-0.4, -0.2) is 7.05 Å². The van der Waals surface area contributed by atoms with E-state index in [1.165, 1.54) is 78.3 Å². The molecule has 9 rings (SSSR count). The SMILES string of the molecule is C1=CC(Cc2cccc3oc4ccc(-c5ccc6ccc7ccccc7c6c5)cc4c23)=CCC1.CN.NCc1ccc(-c2ccccc2)cc1. The number of hydrogen-bond donors (Lipinski definition) is 2. The van der Waals surface area contributed by atoms with Crippen molar-refractivity contribution in [2.24, 2.45) is 11.5 Å². The maximum atomic E-state index is 6.26. The number of benzene rings is 7. The van der Waals surface area contributed by atoms with Gasteiger partial charge in [0.05, 0.1) is 0 Å². The lowest BCUT2D eigenvalue weighted by atomic mass is 9.94. The van der Waals surface area contributed by atoms with Gasteiger partial charge in [0.25, 0.3) is 0 Å². The van der Waals surface area contributed by atoms with Gasteiger partial charge in [-0.3, -0.25) is 0 Å². The van der Waals surface area contributed by atoms with Gasteiger partial charge in [-0.15, -0.1) is 0 Å². The van der Waals surface area contributed by atoms with E-state index in [1.807, 2.05) is 18.2 Å². The molecule has 3 heteroatoms. The summed E-state index contributed by atoms with van der Waals surface area (Å²) in [6.07, 6.45) is 10.1. The standard InChI is InChI=1S/C33H24O.C13H13N.CH5N/c1-2-7-22(8-3-1)19-27-10-6-12-32-33(27)30-21-26(17-18-31(30)34-32)25-16-15-24-14-13-23-9-4-5-11-28(23)29(24)20-25;14-10-11-6-8-13(9-7-11)12-4-2-1-3-5-12;1-2/h2,4-18,20-21H,1,3,19H2;1-9H,10,14H2;2H2,1H3. The Hall–Kier alpha value is -5.74. The van der Waals surface area contributed by atoms with Gasteiger partial charge in [-0.1, -0.05) is 140 Å². The lowest BCUT2D eigenvalue weighted by Gasteiger charge is -2.09. The number of nitrogens with two attached hydrogens (primary N) is 2. The molecule has 0 bridgehead atoms. The van der Waals surface area contributed by atoms with Crippen molar-refractivity contribution in [2.75, 3.05) is 7.05 Å². The first-order valence-electron chi connectivity index (χ1n) is 17.4. The van der Waals surface area contributed by atoms with Gasteiger partial charge < -0.3 is 15.9 Å². The van der Waals surface area contributed by atoms with Crippen LogP contribution in [0.2, 0.25) is 0 Å². The zero-order valence-electron chi connectivity index (χ0n) is 28.5. The van der Waals surface area contributed by atoms with Crippen LogP contribution < -0.4 is 11.5 Å². The van der Waals surface area contributed by atoms with Crippen LogP contribution in [0, 0.1) is 0 Å². The lowest BCUT2D eigenvalue weighted by molar-refractivity contribution is 0.669. The maximum Gasteiger partial charge on any atom is 0.135 e. The Morgan fingerprint density at radius 2 is 1.20 bits per heavy atom. The first-order valence-corrected chi connectivity index (χ1v) is 17.4. The van der Waals surface area contributed by atoms with E-state index in [0.29, 0.717) is 6.54 Å². The van der Waals surface area contributed by atoms with Gasteiger partial charge in [0, 0.05) is 17.3 Å². The van der Waals surface area contributed by atoms with Crippen LogP contribution in [0.5, 0.6) is 0 Å². The minimum absolute atomic E-state index is 0.606. The smallest absolute Gasteiger partial charge is 0.135 e. The quantitative estimate of drug-likeness (QED) is 0.182. The molecule has 0 spiro atoms. The predicted octanol–water partition coefficient (Wildman–Crippen LogP) is 11.8. The van der Waals surface area contributed by atoms with E-state index in [4.69, 9.17) is 10.2 Å². The summed E-state index contributed by atoms with van der Waals surface area (Å²) < 4.78 is 6.26. The summed E-state index contributed by atoms with van der Waals surface area (Å²) in [5.74, 6) is 0. The molecule has 1 aromatic heterocycles. The molecule has 50 heavy (non-hydrogen) atoms.